The molecule has 0 N–H and O–H groups in total. The third-order valence-electron chi connectivity index (χ3n) is 7.73. The Bertz CT molecular complexity index is 1270. The van der Waals surface area contributed by atoms with Gasteiger partial charge in [-0.05, 0) is 85.1 Å². The van der Waals surface area contributed by atoms with E-state index in [2.05, 4.69) is 29.8 Å². The maximum atomic E-state index is 12.6. The fourth-order valence-corrected chi connectivity index (χ4v) is 5.14. The second-order valence-corrected chi connectivity index (χ2v) is 11.4. The second kappa shape index (κ2) is 18.1. The summed E-state index contributed by atoms with van der Waals surface area (Å²) in [6.07, 6.45) is 15.6. The zero-order chi connectivity index (χ0) is 30.1. The lowest BCUT2D eigenvalue weighted by molar-refractivity contribution is 0.0734. The molecule has 1 aliphatic rings. The van der Waals surface area contributed by atoms with Gasteiger partial charge in [-0.25, -0.2) is 4.79 Å². The number of hydrogen-bond acceptors (Lipinski definition) is 6. The lowest BCUT2D eigenvalue weighted by Gasteiger charge is -2.29. The number of benzene rings is 3. The maximum absolute atomic E-state index is 12.6. The van der Waals surface area contributed by atoms with E-state index in [-0.39, 0.29) is 0 Å². The highest BCUT2D eigenvalue weighted by molar-refractivity contribution is 5.91. The van der Waals surface area contributed by atoms with E-state index in [9.17, 15) is 4.79 Å². The van der Waals surface area contributed by atoms with Crippen LogP contribution in [-0.4, -0.2) is 37.0 Å². The summed E-state index contributed by atoms with van der Waals surface area (Å²) in [7, 11) is 0. The molecule has 0 amide bonds. The summed E-state index contributed by atoms with van der Waals surface area (Å²) in [5, 5.41) is 0. The lowest BCUT2D eigenvalue weighted by atomic mass is 10.1. The van der Waals surface area contributed by atoms with E-state index >= 15 is 0 Å². The monoisotopic (exact) mass is 584 g/mol. The van der Waals surface area contributed by atoms with Crippen LogP contribution in [0, 0.1) is 0 Å². The number of hydrogen-bond donors (Lipinski definition) is 0. The molecule has 0 unspecified atom stereocenters. The molecular weight excluding hydrogens is 536 g/mol. The van der Waals surface area contributed by atoms with Crippen molar-refractivity contribution in [2.75, 3.05) is 19.9 Å². The van der Waals surface area contributed by atoms with Crippen LogP contribution in [0.1, 0.15) is 106 Å². The Balaban J connectivity index is 1.22. The van der Waals surface area contributed by atoms with Gasteiger partial charge < -0.3 is 14.2 Å². The highest BCUT2D eigenvalue weighted by Gasteiger charge is 2.17. The standard InChI is InChI=1S/C37H48N2O4/c1-3-5-7-9-10-12-24-39-28-32-26-33(18-23-36(32)42-29-39)38-27-30-14-19-35(20-15-30)43-37(40)31-16-21-34(22-17-31)41-25-13-11-8-6-4-2/h14-23,26-27H,3-13,24-25,28-29H2,1-2H3. The number of carbonyl (C=O) groups is 1. The van der Waals surface area contributed by atoms with Crippen LogP contribution in [0.2, 0.25) is 0 Å². The van der Waals surface area contributed by atoms with Crippen molar-refractivity contribution in [2.24, 2.45) is 4.99 Å². The minimum Gasteiger partial charge on any atom is -0.494 e. The Hall–Kier alpha value is -3.64. The van der Waals surface area contributed by atoms with Crippen LogP contribution >= 0.6 is 0 Å². The number of rotatable bonds is 18. The summed E-state index contributed by atoms with van der Waals surface area (Å²) in [6.45, 7) is 7.77. The molecule has 3 aromatic carbocycles. The van der Waals surface area contributed by atoms with Gasteiger partial charge in [0.25, 0.3) is 0 Å². The van der Waals surface area contributed by atoms with Crippen molar-refractivity contribution in [2.45, 2.75) is 91.0 Å². The Morgan fingerprint density at radius 2 is 1.49 bits per heavy atom. The molecule has 1 heterocycles. The third-order valence-corrected chi connectivity index (χ3v) is 7.73. The molecule has 43 heavy (non-hydrogen) atoms. The first-order valence-electron chi connectivity index (χ1n) is 16.2. The van der Waals surface area contributed by atoms with E-state index in [1.165, 1.54) is 69.8 Å². The average molecular weight is 585 g/mol. The summed E-state index contributed by atoms with van der Waals surface area (Å²) in [4.78, 5) is 19.7. The zero-order valence-electron chi connectivity index (χ0n) is 26.1. The number of esters is 1. The summed E-state index contributed by atoms with van der Waals surface area (Å²) in [5.74, 6) is 1.82. The first-order valence-corrected chi connectivity index (χ1v) is 16.2. The average Bonchev–Trinajstić information content (AvgIpc) is 3.04. The van der Waals surface area contributed by atoms with E-state index in [4.69, 9.17) is 14.2 Å². The molecule has 0 fully saturated rings. The first kappa shape index (κ1) is 32.3. The zero-order valence-corrected chi connectivity index (χ0v) is 26.1. The number of unbranched alkanes of at least 4 members (excludes halogenated alkanes) is 9. The molecule has 3 aromatic rings. The molecule has 0 spiro atoms. The van der Waals surface area contributed by atoms with Crippen molar-refractivity contribution in [3.63, 3.8) is 0 Å². The van der Waals surface area contributed by atoms with Crippen LogP contribution in [0.15, 0.2) is 71.7 Å². The van der Waals surface area contributed by atoms with Gasteiger partial charge in [0.15, 0.2) is 0 Å². The van der Waals surface area contributed by atoms with E-state index in [0.717, 1.165) is 42.3 Å². The number of ether oxygens (including phenoxy) is 3. The molecule has 4 rings (SSSR count). The van der Waals surface area contributed by atoms with Crippen molar-refractivity contribution < 1.29 is 19.0 Å². The van der Waals surface area contributed by atoms with E-state index in [0.29, 0.717) is 24.7 Å². The molecule has 1 aliphatic heterocycles. The van der Waals surface area contributed by atoms with E-state index in [1.807, 2.05) is 42.6 Å². The van der Waals surface area contributed by atoms with Crippen molar-refractivity contribution in [3.05, 3.63) is 83.4 Å². The minimum absolute atomic E-state index is 0.394. The minimum atomic E-state index is -0.394. The molecular formula is C37H48N2O4. The van der Waals surface area contributed by atoms with Gasteiger partial charge in [0, 0.05) is 24.9 Å². The van der Waals surface area contributed by atoms with Gasteiger partial charge in [0.05, 0.1) is 17.9 Å². The topological polar surface area (TPSA) is 60.4 Å². The molecule has 0 atom stereocenters. The van der Waals surface area contributed by atoms with Crippen LogP contribution in [-0.2, 0) is 6.54 Å². The Kier molecular flexibility index (Phi) is 13.6. The fraction of sp³-hybridized carbons (Fsp3) is 0.459. The van der Waals surface area contributed by atoms with Gasteiger partial charge in [-0.2, -0.15) is 0 Å². The van der Waals surface area contributed by atoms with Gasteiger partial charge in [-0.15, -0.1) is 0 Å². The molecule has 0 saturated heterocycles. The van der Waals surface area contributed by atoms with Gasteiger partial charge in [0.1, 0.15) is 24.0 Å². The molecule has 0 bridgehead atoms. The third kappa shape index (κ3) is 11.2. The molecule has 0 radical (unpaired) electrons. The van der Waals surface area contributed by atoms with Crippen LogP contribution < -0.4 is 14.2 Å². The molecule has 230 valence electrons. The van der Waals surface area contributed by atoms with E-state index < -0.39 is 5.97 Å². The van der Waals surface area contributed by atoms with Crippen molar-refractivity contribution in [3.8, 4) is 17.2 Å². The highest BCUT2D eigenvalue weighted by Crippen LogP contribution is 2.29. The van der Waals surface area contributed by atoms with Crippen LogP contribution in [0.25, 0.3) is 0 Å². The smallest absolute Gasteiger partial charge is 0.343 e. The van der Waals surface area contributed by atoms with Crippen molar-refractivity contribution >= 4 is 17.9 Å². The number of fused-ring (bicyclic) bond motifs is 1. The number of nitrogens with zero attached hydrogens (tertiary/aromatic N) is 2. The van der Waals surface area contributed by atoms with Crippen LogP contribution in [0.3, 0.4) is 0 Å². The Morgan fingerprint density at radius 3 is 2.23 bits per heavy atom. The summed E-state index contributed by atoms with van der Waals surface area (Å²) >= 11 is 0. The normalized spacial score (nSPS) is 13.1. The fourth-order valence-electron chi connectivity index (χ4n) is 5.14. The predicted molar refractivity (Wildman–Crippen MR) is 175 cm³/mol. The molecule has 6 nitrogen and oxygen atoms in total. The molecule has 6 heteroatoms. The largest absolute Gasteiger partial charge is 0.494 e. The molecule has 0 saturated carbocycles. The van der Waals surface area contributed by atoms with Gasteiger partial charge >= 0.3 is 5.97 Å². The number of carbonyl (C=O) groups excluding carboxylic acids is 1. The molecule has 0 aliphatic carbocycles. The van der Waals surface area contributed by atoms with E-state index in [1.54, 1.807) is 24.3 Å². The van der Waals surface area contributed by atoms with Crippen LogP contribution in [0.4, 0.5) is 5.69 Å². The predicted octanol–water partition coefficient (Wildman–Crippen LogP) is 9.52. The van der Waals surface area contributed by atoms with Gasteiger partial charge in [-0.3, -0.25) is 9.89 Å². The highest BCUT2D eigenvalue weighted by atomic mass is 16.5. The van der Waals surface area contributed by atoms with Gasteiger partial charge in [0.2, 0.25) is 0 Å². The first-order chi connectivity index (χ1) is 21.1. The number of aliphatic imine (C=N–C) groups is 1. The Morgan fingerprint density at radius 1 is 0.814 bits per heavy atom. The summed E-state index contributed by atoms with van der Waals surface area (Å²) < 4.78 is 17.4. The summed E-state index contributed by atoms with van der Waals surface area (Å²) in [6, 6.07) is 20.6. The summed E-state index contributed by atoms with van der Waals surface area (Å²) in [5.41, 5.74) is 3.48. The SMILES string of the molecule is CCCCCCCCN1COc2ccc(N=Cc3ccc(OC(=O)c4ccc(OCCCCCCC)cc4)cc3)cc2C1. The molecule has 0 aromatic heterocycles. The Labute approximate surface area is 258 Å². The van der Waals surface area contributed by atoms with Crippen molar-refractivity contribution in [1.29, 1.82) is 0 Å². The second-order valence-electron chi connectivity index (χ2n) is 11.4. The van der Waals surface area contributed by atoms with Crippen molar-refractivity contribution in [1.82, 2.24) is 4.90 Å². The maximum Gasteiger partial charge on any atom is 0.343 e. The van der Waals surface area contributed by atoms with Crippen LogP contribution in [0.5, 0.6) is 17.2 Å². The lowest BCUT2D eigenvalue weighted by Crippen LogP contribution is -2.32. The van der Waals surface area contributed by atoms with Gasteiger partial charge in [-0.1, -0.05) is 71.6 Å². The quantitative estimate of drug-likeness (QED) is 0.0645.